The Labute approximate surface area is 121 Å². The third-order valence-electron chi connectivity index (χ3n) is 3.43. The number of nitrogens with zero attached hydrogens (tertiary/aromatic N) is 2. The van der Waals surface area contributed by atoms with Crippen molar-refractivity contribution in [3.05, 3.63) is 35.4 Å². The lowest BCUT2D eigenvalue weighted by molar-refractivity contribution is 0.0738. The predicted octanol–water partition coefficient (Wildman–Crippen LogP) is 1.86. The second-order valence-corrected chi connectivity index (χ2v) is 5.87. The average Bonchev–Trinajstić information content (AvgIpc) is 2.63. The van der Waals surface area contributed by atoms with Crippen LogP contribution in [0.2, 0.25) is 0 Å². The van der Waals surface area contributed by atoms with E-state index in [1.807, 2.05) is 43.3 Å². The number of rotatable bonds is 3. The van der Waals surface area contributed by atoms with Crippen LogP contribution in [0.25, 0.3) is 0 Å². The lowest BCUT2D eigenvalue weighted by Gasteiger charge is -2.22. The van der Waals surface area contributed by atoms with E-state index >= 15 is 0 Å². The van der Waals surface area contributed by atoms with Gasteiger partial charge >= 0.3 is 0 Å². The highest BCUT2D eigenvalue weighted by molar-refractivity contribution is 5.94. The van der Waals surface area contributed by atoms with Crippen molar-refractivity contribution in [2.75, 3.05) is 40.4 Å². The van der Waals surface area contributed by atoms with Crippen LogP contribution < -0.4 is 0 Å². The topological polar surface area (TPSA) is 32.8 Å². The maximum absolute atomic E-state index is 12.5. The Hall–Kier alpha value is -1.39. The quantitative estimate of drug-likeness (QED) is 0.845. The minimum absolute atomic E-state index is 0.110. The number of hydrogen-bond acceptors (Lipinski definition) is 3. The molecule has 0 spiro atoms. The van der Waals surface area contributed by atoms with Gasteiger partial charge in [0.2, 0.25) is 0 Å². The van der Waals surface area contributed by atoms with Crippen LogP contribution in [0.15, 0.2) is 24.3 Å². The van der Waals surface area contributed by atoms with Crippen molar-refractivity contribution in [3.63, 3.8) is 0 Å². The molecule has 0 saturated carbocycles. The largest absolute Gasteiger partial charge is 0.379 e. The van der Waals surface area contributed by atoms with Crippen molar-refractivity contribution in [1.82, 2.24) is 9.80 Å². The molecule has 1 aromatic carbocycles. The summed E-state index contributed by atoms with van der Waals surface area (Å²) in [6, 6.07) is 7.92. The summed E-state index contributed by atoms with van der Waals surface area (Å²) in [6.45, 7) is 5.84. The predicted molar refractivity (Wildman–Crippen MR) is 79.7 cm³/mol. The molecule has 0 aliphatic carbocycles. The highest BCUT2D eigenvalue weighted by Crippen LogP contribution is 2.12. The van der Waals surface area contributed by atoms with E-state index in [0.717, 1.165) is 25.3 Å². The van der Waals surface area contributed by atoms with E-state index in [9.17, 15) is 4.79 Å². The maximum atomic E-state index is 12.5. The number of benzene rings is 1. The molecule has 1 amide bonds. The third kappa shape index (κ3) is 4.05. The first-order chi connectivity index (χ1) is 9.56. The Balaban J connectivity index is 2.04. The van der Waals surface area contributed by atoms with Gasteiger partial charge in [0.1, 0.15) is 0 Å². The molecule has 4 heteroatoms. The number of carbonyl (C=O) groups excluding carboxylic acids is 1. The van der Waals surface area contributed by atoms with E-state index < -0.39 is 0 Å². The monoisotopic (exact) mass is 276 g/mol. The normalized spacial score (nSPS) is 20.0. The smallest absolute Gasteiger partial charge is 0.253 e. The first kappa shape index (κ1) is 15.0. The zero-order chi connectivity index (χ0) is 14.5. The summed E-state index contributed by atoms with van der Waals surface area (Å²) in [7, 11) is 4.08. The van der Waals surface area contributed by atoms with Gasteiger partial charge in [-0.15, -0.1) is 0 Å². The molecule has 0 bridgehead atoms. The van der Waals surface area contributed by atoms with Gasteiger partial charge in [0.15, 0.2) is 0 Å². The molecule has 1 heterocycles. The molecule has 20 heavy (non-hydrogen) atoms. The van der Waals surface area contributed by atoms with Crippen LogP contribution in [0.1, 0.15) is 22.8 Å². The van der Waals surface area contributed by atoms with Gasteiger partial charge in [0.05, 0.1) is 13.2 Å². The Bertz CT molecular complexity index is 442. The van der Waals surface area contributed by atoms with Gasteiger partial charge in [0, 0.05) is 25.2 Å². The van der Waals surface area contributed by atoms with Gasteiger partial charge in [-0.05, 0) is 37.7 Å². The van der Waals surface area contributed by atoms with Crippen molar-refractivity contribution in [3.8, 4) is 0 Å². The van der Waals surface area contributed by atoms with Crippen LogP contribution in [-0.2, 0) is 11.3 Å². The van der Waals surface area contributed by atoms with Gasteiger partial charge in [-0.2, -0.15) is 0 Å². The van der Waals surface area contributed by atoms with Crippen LogP contribution in [0.5, 0.6) is 0 Å². The maximum Gasteiger partial charge on any atom is 0.253 e. The van der Waals surface area contributed by atoms with Crippen LogP contribution in [0, 0.1) is 5.92 Å². The molecule has 1 atom stereocenters. The van der Waals surface area contributed by atoms with Crippen molar-refractivity contribution in [2.45, 2.75) is 13.5 Å². The zero-order valence-corrected chi connectivity index (χ0v) is 12.6. The van der Waals surface area contributed by atoms with Crippen LogP contribution in [0.3, 0.4) is 0 Å². The lowest BCUT2D eigenvalue weighted by atomic mass is 10.1. The Kier molecular flexibility index (Phi) is 5.15. The highest BCUT2D eigenvalue weighted by Gasteiger charge is 2.20. The second-order valence-electron chi connectivity index (χ2n) is 5.87. The van der Waals surface area contributed by atoms with E-state index in [1.165, 1.54) is 5.56 Å². The minimum atomic E-state index is 0.110. The lowest BCUT2D eigenvalue weighted by Crippen LogP contribution is -2.35. The van der Waals surface area contributed by atoms with Crippen molar-refractivity contribution >= 4 is 5.91 Å². The number of amides is 1. The van der Waals surface area contributed by atoms with Gasteiger partial charge in [-0.1, -0.05) is 19.1 Å². The third-order valence-corrected chi connectivity index (χ3v) is 3.43. The average molecular weight is 276 g/mol. The fraction of sp³-hybridized carbons (Fsp3) is 0.562. The first-order valence-corrected chi connectivity index (χ1v) is 7.17. The van der Waals surface area contributed by atoms with Gasteiger partial charge < -0.3 is 14.5 Å². The summed E-state index contributed by atoms with van der Waals surface area (Å²) in [5, 5.41) is 0. The van der Waals surface area contributed by atoms with Crippen molar-refractivity contribution in [2.24, 2.45) is 5.92 Å². The minimum Gasteiger partial charge on any atom is -0.379 e. The molecule has 4 nitrogen and oxygen atoms in total. The molecule has 1 aliphatic heterocycles. The van der Waals surface area contributed by atoms with Gasteiger partial charge in [-0.3, -0.25) is 4.79 Å². The van der Waals surface area contributed by atoms with Gasteiger partial charge in [0.25, 0.3) is 5.91 Å². The van der Waals surface area contributed by atoms with Crippen LogP contribution in [-0.4, -0.2) is 56.1 Å². The van der Waals surface area contributed by atoms with E-state index in [2.05, 4.69) is 11.8 Å². The standard InChI is InChI=1S/C16H24N2O2/c1-13-10-18(8-9-20-12-13)16(19)15-6-4-14(5-7-15)11-17(2)3/h4-7,13H,8-12H2,1-3H3. The molecule has 110 valence electrons. The molecule has 1 aliphatic rings. The van der Waals surface area contributed by atoms with E-state index in [-0.39, 0.29) is 5.91 Å². The molecule has 1 fully saturated rings. The summed E-state index contributed by atoms with van der Waals surface area (Å²) in [5.74, 6) is 0.508. The summed E-state index contributed by atoms with van der Waals surface area (Å²) in [6.07, 6.45) is 0. The van der Waals surface area contributed by atoms with Crippen molar-refractivity contribution in [1.29, 1.82) is 0 Å². The van der Waals surface area contributed by atoms with Crippen LogP contribution >= 0.6 is 0 Å². The summed E-state index contributed by atoms with van der Waals surface area (Å²) in [5.41, 5.74) is 1.99. The molecule has 1 unspecified atom stereocenters. The molecular weight excluding hydrogens is 252 g/mol. The summed E-state index contributed by atoms with van der Waals surface area (Å²) < 4.78 is 5.49. The SMILES string of the molecule is CC1COCCN(C(=O)c2ccc(CN(C)C)cc2)C1. The van der Waals surface area contributed by atoms with E-state index in [4.69, 9.17) is 4.74 Å². The zero-order valence-electron chi connectivity index (χ0n) is 12.6. The Morgan fingerprint density at radius 1 is 1.35 bits per heavy atom. The first-order valence-electron chi connectivity index (χ1n) is 7.17. The van der Waals surface area contributed by atoms with Crippen molar-refractivity contribution < 1.29 is 9.53 Å². The molecular formula is C16H24N2O2. The molecule has 1 saturated heterocycles. The number of ether oxygens (including phenoxy) is 1. The van der Waals surface area contributed by atoms with Crippen LogP contribution in [0.4, 0.5) is 0 Å². The fourth-order valence-electron chi connectivity index (χ4n) is 2.46. The molecule has 1 aromatic rings. The second kappa shape index (κ2) is 6.86. The van der Waals surface area contributed by atoms with Gasteiger partial charge in [-0.25, -0.2) is 0 Å². The summed E-state index contributed by atoms with van der Waals surface area (Å²) in [4.78, 5) is 16.5. The molecule has 0 radical (unpaired) electrons. The van der Waals surface area contributed by atoms with E-state index in [1.54, 1.807) is 0 Å². The molecule has 0 N–H and O–H groups in total. The number of hydrogen-bond donors (Lipinski definition) is 0. The highest BCUT2D eigenvalue weighted by atomic mass is 16.5. The fourth-order valence-corrected chi connectivity index (χ4v) is 2.46. The summed E-state index contributed by atoms with van der Waals surface area (Å²) >= 11 is 0. The molecule has 0 aromatic heterocycles. The Morgan fingerprint density at radius 3 is 2.70 bits per heavy atom. The number of carbonyl (C=O) groups is 1. The van der Waals surface area contributed by atoms with E-state index in [0.29, 0.717) is 19.1 Å². The molecule has 2 rings (SSSR count). The Morgan fingerprint density at radius 2 is 2.05 bits per heavy atom.